The van der Waals surface area contributed by atoms with E-state index >= 15 is 0 Å². The molecule has 0 spiro atoms. The number of rotatable bonds is 6. The van der Waals surface area contributed by atoms with E-state index in [-0.39, 0.29) is 12.5 Å². The third kappa shape index (κ3) is 3.90. The number of urea groups is 1. The highest BCUT2D eigenvalue weighted by molar-refractivity contribution is 6.45. The Morgan fingerprint density at radius 2 is 1.77 bits per heavy atom. The van der Waals surface area contributed by atoms with Gasteiger partial charge in [0, 0.05) is 24.2 Å². The van der Waals surface area contributed by atoms with E-state index in [0.29, 0.717) is 30.5 Å². The number of hydrogen-bond acceptors (Lipinski definition) is 5. The average Bonchev–Trinajstić information content (AvgIpc) is 2.95. The summed E-state index contributed by atoms with van der Waals surface area (Å²) in [6.45, 7) is -0.327. The van der Waals surface area contributed by atoms with Gasteiger partial charge in [-0.3, -0.25) is 24.1 Å². The predicted octanol–water partition coefficient (Wildman–Crippen LogP) is 2.44. The molecule has 0 aromatic heterocycles. The minimum atomic E-state index is -0.962. The van der Waals surface area contributed by atoms with E-state index in [4.69, 9.17) is 0 Å². The van der Waals surface area contributed by atoms with Gasteiger partial charge in [0.25, 0.3) is 0 Å². The molecule has 4 rings (SSSR count). The van der Waals surface area contributed by atoms with Crippen LogP contribution in [0.4, 0.5) is 10.5 Å². The van der Waals surface area contributed by atoms with Crippen LogP contribution in [0.5, 0.6) is 0 Å². The molecule has 3 aliphatic rings. The highest BCUT2D eigenvalue weighted by atomic mass is 16.2. The Bertz CT molecular complexity index is 981. The maximum atomic E-state index is 12.7. The van der Waals surface area contributed by atoms with E-state index < -0.39 is 30.2 Å². The molecule has 0 saturated carbocycles. The number of carbonyl (C=O) groups excluding carboxylic acids is 5. The van der Waals surface area contributed by atoms with Crippen LogP contribution in [0.15, 0.2) is 29.8 Å². The fraction of sp³-hybridized carbons (Fsp3) is 0.409. The average molecular weight is 409 g/mol. The minimum absolute atomic E-state index is 0.0718. The van der Waals surface area contributed by atoms with Crippen molar-refractivity contribution in [2.24, 2.45) is 0 Å². The van der Waals surface area contributed by atoms with Gasteiger partial charge in [-0.2, -0.15) is 0 Å². The number of nitrogens with zero attached hydrogens (tertiary/aromatic N) is 2. The fourth-order valence-corrected chi connectivity index (χ4v) is 4.07. The number of hydrogen-bond donors (Lipinski definition) is 1. The Morgan fingerprint density at radius 3 is 2.53 bits per heavy atom. The van der Waals surface area contributed by atoms with Crippen LogP contribution in [0.2, 0.25) is 0 Å². The molecule has 1 fully saturated rings. The molecule has 0 atom stereocenters. The monoisotopic (exact) mass is 409 g/mol. The Kier molecular flexibility index (Phi) is 5.48. The summed E-state index contributed by atoms with van der Waals surface area (Å²) >= 11 is 0. The van der Waals surface area contributed by atoms with Crippen molar-refractivity contribution in [3.8, 4) is 0 Å². The first-order chi connectivity index (χ1) is 14.4. The van der Waals surface area contributed by atoms with Gasteiger partial charge in [-0.1, -0.05) is 11.6 Å². The molecule has 2 aliphatic heterocycles. The number of aryl methyl sites for hydroxylation is 1. The fourth-order valence-electron chi connectivity index (χ4n) is 4.07. The lowest BCUT2D eigenvalue weighted by Gasteiger charge is -2.19. The number of allylic oxidation sites excluding steroid dienone is 1. The second kappa shape index (κ2) is 8.22. The van der Waals surface area contributed by atoms with E-state index in [1.54, 1.807) is 18.2 Å². The summed E-state index contributed by atoms with van der Waals surface area (Å²) in [6, 6.07) is 4.12. The summed E-state index contributed by atoms with van der Waals surface area (Å²) in [7, 11) is 0. The molecule has 1 aliphatic carbocycles. The van der Waals surface area contributed by atoms with Crippen LogP contribution in [0.1, 0.15) is 54.4 Å². The van der Waals surface area contributed by atoms with Gasteiger partial charge in [0.1, 0.15) is 0 Å². The van der Waals surface area contributed by atoms with E-state index in [1.165, 1.54) is 5.57 Å². The van der Waals surface area contributed by atoms with Crippen LogP contribution in [-0.4, -0.2) is 52.4 Å². The van der Waals surface area contributed by atoms with Crippen molar-refractivity contribution < 1.29 is 24.0 Å². The van der Waals surface area contributed by atoms with Gasteiger partial charge in [-0.15, -0.1) is 0 Å². The third-order valence-electron chi connectivity index (χ3n) is 5.80. The molecule has 156 valence electrons. The zero-order valence-corrected chi connectivity index (χ0v) is 16.6. The molecule has 1 saturated heterocycles. The van der Waals surface area contributed by atoms with Crippen LogP contribution in [0.3, 0.4) is 0 Å². The first-order valence-electron chi connectivity index (χ1n) is 10.3. The van der Waals surface area contributed by atoms with E-state index in [2.05, 4.69) is 11.4 Å². The van der Waals surface area contributed by atoms with Gasteiger partial charge in [-0.05, 0) is 62.3 Å². The number of carbonyl (C=O) groups is 5. The molecule has 0 bridgehead atoms. The topological polar surface area (TPSA) is 104 Å². The lowest BCUT2D eigenvalue weighted by atomic mass is 9.97. The zero-order valence-electron chi connectivity index (χ0n) is 16.6. The number of fused-ring (bicyclic) bond motifs is 1. The number of Topliss-reactive ketones (excluding diaryl/α,β-unsaturated/α-hetero) is 1. The van der Waals surface area contributed by atoms with Crippen molar-refractivity contribution in [3.05, 3.63) is 41.0 Å². The Morgan fingerprint density at radius 1 is 0.967 bits per heavy atom. The van der Waals surface area contributed by atoms with E-state index in [1.807, 2.05) is 0 Å². The van der Waals surface area contributed by atoms with E-state index in [0.717, 1.165) is 41.0 Å². The summed E-state index contributed by atoms with van der Waals surface area (Å²) in [5.74, 6) is -2.34. The Labute approximate surface area is 173 Å². The SMILES string of the molecule is O=C1CCc2cc(C(=O)CN3C(=O)C(=O)N(CCC4=CCCCC4)C3=O)ccc2N1. The summed E-state index contributed by atoms with van der Waals surface area (Å²) in [4.78, 5) is 63.0. The number of imide groups is 2. The Balaban J connectivity index is 1.42. The number of nitrogens with one attached hydrogen (secondary N) is 1. The van der Waals surface area contributed by atoms with Crippen LogP contribution < -0.4 is 5.32 Å². The first-order valence-corrected chi connectivity index (χ1v) is 10.3. The molecule has 2 heterocycles. The van der Waals surface area contributed by atoms with Crippen molar-refractivity contribution in [1.82, 2.24) is 9.80 Å². The smallest absolute Gasteiger partial charge is 0.326 e. The number of anilines is 1. The normalized spacial score (nSPS) is 19.0. The molecular formula is C22H23N3O5. The first kappa shape index (κ1) is 20.0. The van der Waals surface area contributed by atoms with E-state index in [9.17, 15) is 24.0 Å². The molecule has 1 aromatic carbocycles. The molecule has 30 heavy (non-hydrogen) atoms. The largest absolute Gasteiger partial charge is 0.334 e. The van der Waals surface area contributed by atoms with Gasteiger partial charge in [0.2, 0.25) is 5.91 Å². The van der Waals surface area contributed by atoms with Crippen LogP contribution in [0.25, 0.3) is 0 Å². The lowest BCUT2D eigenvalue weighted by molar-refractivity contribution is -0.143. The van der Waals surface area contributed by atoms with Crippen LogP contribution in [-0.2, 0) is 20.8 Å². The van der Waals surface area contributed by atoms with Gasteiger partial charge in [0.05, 0.1) is 6.54 Å². The standard InChI is InChI=1S/C22H23N3O5/c26-18(16-6-8-17-15(12-16)7-9-19(27)23-17)13-25-21(29)20(28)24(22(25)30)11-10-14-4-2-1-3-5-14/h4,6,8,12H,1-3,5,7,9-11,13H2,(H,23,27). The maximum absolute atomic E-state index is 12.7. The highest BCUT2D eigenvalue weighted by Crippen LogP contribution is 2.25. The van der Waals surface area contributed by atoms with Crippen molar-refractivity contribution in [2.45, 2.75) is 44.9 Å². The van der Waals surface area contributed by atoms with Gasteiger partial charge in [0.15, 0.2) is 5.78 Å². The number of benzene rings is 1. The molecule has 5 amide bonds. The van der Waals surface area contributed by atoms with Gasteiger partial charge >= 0.3 is 17.8 Å². The Hall–Kier alpha value is -3.29. The summed E-state index contributed by atoms with van der Waals surface area (Å²) in [5, 5.41) is 2.74. The molecule has 8 heteroatoms. The molecular weight excluding hydrogens is 386 g/mol. The van der Waals surface area contributed by atoms with Gasteiger partial charge in [-0.25, -0.2) is 9.69 Å². The summed E-state index contributed by atoms with van der Waals surface area (Å²) in [5.41, 5.74) is 3.03. The molecule has 8 nitrogen and oxygen atoms in total. The molecule has 1 aromatic rings. The molecule has 0 radical (unpaired) electrons. The van der Waals surface area contributed by atoms with Crippen molar-refractivity contribution in [1.29, 1.82) is 0 Å². The lowest BCUT2D eigenvalue weighted by Crippen LogP contribution is -2.37. The van der Waals surface area contributed by atoms with Crippen LogP contribution in [0, 0.1) is 0 Å². The summed E-state index contributed by atoms with van der Waals surface area (Å²) < 4.78 is 0. The summed E-state index contributed by atoms with van der Waals surface area (Å²) in [6.07, 6.45) is 7.75. The number of amides is 5. The third-order valence-corrected chi connectivity index (χ3v) is 5.80. The van der Waals surface area contributed by atoms with Crippen molar-refractivity contribution >= 4 is 35.2 Å². The number of ketones is 1. The van der Waals surface area contributed by atoms with Gasteiger partial charge < -0.3 is 5.32 Å². The van der Waals surface area contributed by atoms with Crippen molar-refractivity contribution in [2.75, 3.05) is 18.4 Å². The maximum Gasteiger partial charge on any atom is 0.334 e. The molecule has 1 N–H and O–H groups in total. The van der Waals surface area contributed by atoms with Crippen molar-refractivity contribution in [3.63, 3.8) is 0 Å². The second-order valence-corrected chi connectivity index (χ2v) is 7.83. The second-order valence-electron chi connectivity index (χ2n) is 7.83. The predicted molar refractivity (Wildman–Crippen MR) is 108 cm³/mol. The highest BCUT2D eigenvalue weighted by Gasteiger charge is 2.45. The minimum Gasteiger partial charge on any atom is -0.326 e. The van der Waals surface area contributed by atoms with Crippen LogP contribution >= 0.6 is 0 Å². The molecule has 0 unspecified atom stereocenters. The quantitative estimate of drug-likeness (QED) is 0.336. The zero-order chi connectivity index (χ0) is 21.3.